The molecule has 0 spiro atoms. The molecule has 1 aromatic rings. The minimum atomic E-state index is 0.537. The van der Waals surface area contributed by atoms with Crippen molar-refractivity contribution in [1.82, 2.24) is 5.32 Å². The van der Waals surface area contributed by atoms with Gasteiger partial charge >= 0.3 is 0 Å². The molecule has 0 aromatic heterocycles. The van der Waals surface area contributed by atoms with Crippen LogP contribution >= 0.6 is 0 Å². The van der Waals surface area contributed by atoms with Crippen LogP contribution in [-0.4, -0.2) is 19.3 Å². The highest BCUT2D eigenvalue weighted by molar-refractivity contribution is 5.43. The van der Waals surface area contributed by atoms with Crippen LogP contribution in [0.25, 0.3) is 0 Å². The van der Waals surface area contributed by atoms with Crippen LogP contribution < -0.4 is 14.8 Å². The van der Waals surface area contributed by atoms with Gasteiger partial charge in [-0.25, -0.2) is 0 Å². The number of nitrogens with one attached hydrogen (secondary N) is 1. The van der Waals surface area contributed by atoms with Gasteiger partial charge in [0.05, 0.1) is 0 Å². The Morgan fingerprint density at radius 2 is 1.80 bits per heavy atom. The maximum absolute atomic E-state index is 5.63. The third-order valence-corrected chi connectivity index (χ3v) is 4.54. The molecule has 1 aliphatic heterocycles. The largest absolute Gasteiger partial charge is 0.486 e. The van der Waals surface area contributed by atoms with Crippen LogP contribution in [0, 0.1) is 5.41 Å². The molecule has 20 heavy (non-hydrogen) atoms. The first-order chi connectivity index (χ1) is 9.62. The Bertz CT molecular complexity index is 460. The average molecular weight is 275 g/mol. The van der Waals surface area contributed by atoms with Crippen molar-refractivity contribution in [3.8, 4) is 11.5 Å². The molecule has 0 amide bonds. The molecule has 0 radical (unpaired) electrons. The molecule has 110 valence electrons. The Balaban J connectivity index is 1.54. The van der Waals surface area contributed by atoms with Gasteiger partial charge in [-0.1, -0.05) is 19.9 Å². The fourth-order valence-corrected chi connectivity index (χ4v) is 3.06. The summed E-state index contributed by atoms with van der Waals surface area (Å²) in [5.74, 6) is 1.76. The Morgan fingerprint density at radius 3 is 2.55 bits per heavy atom. The summed E-state index contributed by atoms with van der Waals surface area (Å²) in [6, 6.07) is 6.92. The second kappa shape index (κ2) is 5.65. The van der Waals surface area contributed by atoms with E-state index in [1.54, 1.807) is 0 Å². The topological polar surface area (TPSA) is 30.5 Å². The molecule has 2 aliphatic rings. The van der Waals surface area contributed by atoms with Crippen molar-refractivity contribution in [2.75, 3.05) is 13.2 Å². The zero-order valence-electron chi connectivity index (χ0n) is 12.6. The highest BCUT2D eigenvalue weighted by Gasteiger charge is 2.26. The predicted molar refractivity (Wildman–Crippen MR) is 80.3 cm³/mol. The standard InChI is InChI=1S/C17H25NO2/c1-17(2)7-5-14(6-8-17)18-12-13-3-4-15-16(11-13)20-10-9-19-15/h3-4,11,14,18H,5-10,12H2,1-2H3. The van der Waals surface area contributed by atoms with Gasteiger partial charge in [-0.3, -0.25) is 0 Å². The lowest BCUT2D eigenvalue weighted by Gasteiger charge is -2.34. The predicted octanol–water partition coefficient (Wildman–Crippen LogP) is 3.52. The Labute approximate surface area is 121 Å². The maximum Gasteiger partial charge on any atom is 0.161 e. The van der Waals surface area contributed by atoms with Gasteiger partial charge < -0.3 is 14.8 Å². The van der Waals surface area contributed by atoms with Gasteiger partial charge in [-0.15, -0.1) is 0 Å². The van der Waals surface area contributed by atoms with E-state index >= 15 is 0 Å². The first-order valence-corrected chi connectivity index (χ1v) is 7.74. The van der Waals surface area contributed by atoms with Crippen LogP contribution in [0.5, 0.6) is 11.5 Å². The second-order valence-electron chi connectivity index (χ2n) is 6.80. The smallest absolute Gasteiger partial charge is 0.161 e. The van der Waals surface area contributed by atoms with E-state index in [4.69, 9.17) is 9.47 Å². The van der Waals surface area contributed by atoms with Crippen LogP contribution in [-0.2, 0) is 6.54 Å². The summed E-state index contributed by atoms with van der Waals surface area (Å²) < 4.78 is 11.2. The van der Waals surface area contributed by atoms with E-state index < -0.39 is 0 Å². The Hall–Kier alpha value is -1.22. The van der Waals surface area contributed by atoms with Crippen LogP contribution in [0.2, 0.25) is 0 Å². The molecule has 3 rings (SSSR count). The molecule has 0 atom stereocenters. The van der Waals surface area contributed by atoms with Crippen molar-refractivity contribution in [1.29, 1.82) is 0 Å². The summed E-state index contributed by atoms with van der Waals surface area (Å²) in [5.41, 5.74) is 1.81. The molecule has 0 bridgehead atoms. The molecule has 1 fully saturated rings. The molecule has 1 aromatic carbocycles. The Kier molecular flexibility index (Phi) is 3.88. The summed E-state index contributed by atoms with van der Waals surface area (Å²) in [5, 5.41) is 3.69. The van der Waals surface area contributed by atoms with Crippen molar-refractivity contribution in [2.24, 2.45) is 5.41 Å². The molecule has 1 heterocycles. The maximum atomic E-state index is 5.63. The molecule has 1 aliphatic carbocycles. The Morgan fingerprint density at radius 1 is 1.10 bits per heavy atom. The number of hydrogen-bond acceptors (Lipinski definition) is 3. The molecular weight excluding hydrogens is 250 g/mol. The quantitative estimate of drug-likeness (QED) is 0.915. The van der Waals surface area contributed by atoms with E-state index in [9.17, 15) is 0 Å². The van der Waals surface area contributed by atoms with Crippen molar-refractivity contribution in [3.05, 3.63) is 23.8 Å². The zero-order chi connectivity index (χ0) is 14.0. The van der Waals surface area contributed by atoms with Gasteiger partial charge in [-0.2, -0.15) is 0 Å². The van der Waals surface area contributed by atoms with Crippen LogP contribution in [0.4, 0.5) is 0 Å². The molecule has 1 N–H and O–H groups in total. The lowest BCUT2D eigenvalue weighted by atomic mass is 9.75. The summed E-state index contributed by atoms with van der Waals surface area (Å²) in [6.07, 6.45) is 5.23. The number of rotatable bonds is 3. The van der Waals surface area contributed by atoms with Crippen LogP contribution in [0.3, 0.4) is 0 Å². The van der Waals surface area contributed by atoms with E-state index in [0.717, 1.165) is 18.0 Å². The summed E-state index contributed by atoms with van der Waals surface area (Å²) >= 11 is 0. The van der Waals surface area contributed by atoms with Crippen LogP contribution in [0.15, 0.2) is 18.2 Å². The van der Waals surface area contributed by atoms with E-state index in [2.05, 4.69) is 31.3 Å². The highest BCUT2D eigenvalue weighted by Crippen LogP contribution is 2.35. The third kappa shape index (κ3) is 3.26. The summed E-state index contributed by atoms with van der Waals surface area (Å²) in [7, 11) is 0. The SMILES string of the molecule is CC1(C)CCC(NCc2ccc3c(c2)OCCO3)CC1. The fraction of sp³-hybridized carbons (Fsp3) is 0.647. The van der Waals surface area contributed by atoms with E-state index in [1.807, 2.05) is 6.07 Å². The van der Waals surface area contributed by atoms with Crippen LogP contribution in [0.1, 0.15) is 45.1 Å². The average Bonchev–Trinajstić information content (AvgIpc) is 2.46. The second-order valence-corrected chi connectivity index (χ2v) is 6.80. The fourth-order valence-electron chi connectivity index (χ4n) is 3.06. The lowest BCUT2D eigenvalue weighted by Crippen LogP contribution is -2.35. The van der Waals surface area contributed by atoms with E-state index in [-0.39, 0.29) is 0 Å². The molecule has 3 nitrogen and oxygen atoms in total. The third-order valence-electron chi connectivity index (χ3n) is 4.54. The zero-order valence-corrected chi connectivity index (χ0v) is 12.6. The van der Waals surface area contributed by atoms with Crippen molar-refractivity contribution in [2.45, 2.75) is 52.1 Å². The highest BCUT2D eigenvalue weighted by atomic mass is 16.6. The first-order valence-electron chi connectivity index (χ1n) is 7.74. The molecule has 0 unspecified atom stereocenters. The molecular formula is C17H25NO2. The lowest BCUT2D eigenvalue weighted by molar-refractivity contribution is 0.171. The monoisotopic (exact) mass is 275 g/mol. The number of benzene rings is 1. The molecule has 1 saturated carbocycles. The van der Waals surface area contributed by atoms with Crippen molar-refractivity contribution < 1.29 is 9.47 Å². The number of ether oxygens (including phenoxy) is 2. The summed E-state index contributed by atoms with van der Waals surface area (Å²) in [6.45, 7) is 6.99. The van der Waals surface area contributed by atoms with Crippen molar-refractivity contribution in [3.63, 3.8) is 0 Å². The summed E-state index contributed by atoms with van der Waals surface area (Å²) in [4.78, 5) is 0. The first kappa shape index (κ1) is 13.7. The van der Waals surface area contributed by atoms with Gasteiger partial charge in [0.15, 0.2) is 11.5 Å². The van der Waals surface area contributed by atoms with Gasteiger partial charge in [0.1, 0.15) is 13.2 Å². The molecule has 0 saturated heterocycles. The van der Waals surface area contributed by atoms with E-state index in [0.29, 0.717) is 24.7 Å². The van der Waals surface area contributed by atoms with Gasteiger partial charge in [-0.05, 0) is 48.8 Å². The normalized spacial score (nSPS) is 21.7. The molecule has 3 heteroatoms. The minimum absolute atomic E-state index is 0.537. The van der Waals surface area contributed by atoms with Gasteiger partial charge in [0, 0.05) is 12.6 Å². The number of fused-ring (bicyclic) bond motifs is 1. The van der Waals surface area contributed by atoms with Crippen molar-refractivity contribution >= 4 is 0 Å². The number of hydrogen-bond donors (Lipinski definition) is 1. The van der Waals surface area contributed by atoms with Gasteiger partial charge in [0.25, 0.3) is 0 Å². The van der Waals surface area contributed by atoms with Gasteiger partial charge in [0.2, 0.25) is 0 Å². The minimum Gasteiger partial charge on any atom is -0.486 e. The van der Waals surface area contributed by atoms with E-state index in [1.165, 1.54) is 31.2 Å².